The number of nitrogens with one attached hydrogen (secondary N) is 1. The molecule has 0 aliphatic rings. The summed E-state index contributed by atoms with van der Waals surface area (Å²) in [5.41, 5.74) is 1.05. The third-order valence-corrected chi connectivity index (χ3v) is 3.62. The second-order valence-corrected chi connectivity index (χ2v) is 6.09. The van der Waals surface area contributed by atoms with Gasteiger partial charge in [-0.25, -0.2) is 4.39 Å². The minimum absolute atomic E-state index is 0.0913. The minimum Gasteiger partial charge on any atom is -0.385 e. The van der Waals surface area contributed by atoms with Crippen molar-refractivity contribution in [2.45, 2.75) is 33.2 Å². The Kier molecular flexibility index (Phi) is 6.24. The molecule has 0 saturated heterocycles. The van der Waals surface area contributed by atoms with E-state index < -0.39 is 0 Å². The Hall–Kier alpha value is -0.640. The topological polar surface area (TPSA) is 21.3 Å². The second kappa shape index (κ2) is 7.22. The van der Waals surface area contributed by atoms with Gasteiger partial charge in [-0.05, 0) is 36.5 Å². The van der Waals surface area contributed by atoms with Gasteiger partial charge in [-0.15, -0.1) is 0 Å². The van der Waals surface area contributed by atoms with Crippen molar-refractivity contribution in [1.29, 1.82) is 0 Å². The predicted molar refractivity (Wildman–Crippen MR) is 78.1 cm³/mol. The molecule has 0 aliphatic heterocycles. The van der Waals surface area contributed by atoms with E-state index in [9.17, 15) is 4.39 Å². The van der Waals surface area contributed by atoms with Crippen molar-refractivity contribution < 1.29 is 9.13 Å². The van der Waals surface area contributed by atoms with E-state index in [4.69, 9.17) is 16.3 Å². The van der Waals surface area contributed by atoms with Crippen molar-refractivity contribution in [3.05, 3.63) is 34.6 Å². The third kappa shape index (κ3) is 5.47. The maximum absolute atomic E-state index is 13.4. The van der Waals surface area contributed by atoms with E-state index in [1.165, 1.54) is 6.07 Å². The Morgan fingerprint density at radius 3 is 2.68 bits per heavy atom. The molecule has 1 rings (SSSR count). The molecule has 19 heavy (non-hydrogen) atoms. The normalized spacial score (nSPS) is 13.6. The van der Waals surface area contributed by atoms with E-state index in [-0.39, 0.29) is 22.3 Å². The number of methoxy groups -OCH3 is 1. The van der Waals surface area contributed by atoms with E-state index >= 15 is 0 Å². The molecule has 0 aliphatic carbocycles. The lowest BCUT2D eigenvalue weighted by Gasteiger charge is -2.27. The summed E-state index contributed by atoms with van der Waals surface area (Å²) in [4.78, 5) is 0. The van der Waals surface area contributed by atoms with Gasteiger partial charge in [0.25, 0.3) is 0 Å². The minimum atomic E-state index is -0.369. The highest BCUT2D eigenvalue weighted by Crippen LogP contribution is 2.23. The van der Waals surface area contributed by atoms with Crippen molar-refractivity contribution >= 4 is 11.6 Å². The Morgan fingerprint density at radius 1 is 1.42 bits per heavy atom. The van der Waals surface area contributed by atoms with Crippen molar-refractivity contribution in [2.75, 3.05) is 20.3 Å². The number of halogens is 2. The highest BCUT2D eigenvalue weighted by molar-refractivity contribution is 6.30. The predicted octanol–water partition coefficient (Wildman–Crippen LogP) is 4.19. The Morgan fingerprint density at radius 2 is 2.11 bits per heavy atom. The standard InChI is InChI=1S/C15H23ClFNO/c1-11(12-5-6-13(16)14(17)9-12)18-10-15(2,3)7-8-19-4/h5-6,9,11,18H,7-8,10H2,1-4H3. The SMILES string of the molecule is COCCC(C)(C)CNC(C)c1ccc(Cl)c(F)c1. The molecule has 1 aromatic rings. The van der Waals surface area contributed by atoms with Crippen molar-refractivity contribution in [2.24, 2.45) is 5.41 Å². The number of benzene rings is 1. The van der Waals surface area contributed by atoms with Gasteiger partial charge in [-0.1, -0.05) is 31.5 Å². The highest BCUT2D eigenvalue weighted by atomic mass is 35.5. The van der Waals surface area contributed by atoms with Crippen LogP contribution < -0.4 is 5.32 Å². The van der Waals surface area contributed by atoms with Crippen molar-refractivity contribution in [3.63, 3.8) is 0 Å². The van der Waals surface area contributed by atoms with Gasteiger partial charge in [0.05, 0.1) is 5.02 Å². The Bertz CT molecular complexity index is 409. The lowest BCUT2D eigenvalue weighted by molar-refractivity contribution is 0.149. The summed E-state index contributed by atoms with van der Waals surface area (Å²) < 4.78 is 18.5. The van der Waals surface area contributed by atoms with Gasteiger partial charge in [-0.2, -0.15) is 0 Å². The zero-order chi connectivity index (χ0) is 14.5. The molecular weight excluding hydrogens is 265 g/mol. The van der Waals surface area contributed by atoms with Crippen LogP contribution in [0.1, 0.15) is 38.8 Å². The van der Waals surface area contributed by atoms with Crippen LogP contribution in [0.2, 0.25) is 5.02 Å². The number of hydrogen-bond donors (Lipinski definition) is 1. The first-order valence-corrected chi connectivity index (χ1v) is 6.91. The quantitative estimate of drug-likeness (QED) is 0.812. The smallest absolute Gasteiger partial charge is 0.142 e. The average Bonchev–Trinajstić information content (AvgIpc) is 2.37. The van der Waals surface area contributed by atoms with Crippen LogP contribution in [0.4, 0.5) is 4.39 Å². The molecule has 0 saturated carbocycles. The first-order valence-electron chi connectivity index (χ1n) is 6.53. The van der Waals surface area contributed by atoms with Crippen LogP contribution in [0.15, 0.2) is 18.2 Å². The van der Waals surface area contributed by atoms with Gasteiger partial charge in [-0.3, -0.25) is 0 Å². The molecule has 0 heterocycles. The van der Waals surface area contributed by atoms with Gasteiger partial charge in [0.2, 0.25) is 0 Å². The number of hydrogen-bond acceptors (Lipinski definition) is 2. The fraction of sp³-hybridized carbons (Fsp3) is 0.600. The fourth-order valence-corrected chi connectivity index (χ4v) is 1.91. The van der Waals surface area contributed by atoms with Crippen LogP contribution in [0.3, 0.4) is 0 Å². The van der Waals surface area contributed by atoms with Crippen molar-refractivity contribution in [1.82, 2.24) is 5.32 Å². The van der Waals surface area contributed by atoms with Gasteiger partial charge >= 0.3 is 0 Å². The zero-order valence-corrected chi connectivity index (χ0v) is 12.9. The van der Waals surface area contributed by atoms with E-state index in [1.54, 1.807) is 13.2 Å². The average molecular weight is 288 g/mol. The molecule has 0 spiro atoms. The summed E-state index contributed by atoms with van der Waals surface area (Å²) in [6.07, 6.45) is 0.984. The number of ether oxygens (including phenoxy) is 1. The summed E-state index contributed by atoms with van der Waals surface area (Å²) in [6, 6.07) is 5.03. The summed E-state index contributed by atoms with van der Waals surface area (Å²) in [5.74, 6) is -0.369. The summed E-state index contributed by atoms with van der Waals surface area (Å²) >= 11 is 5.68. The van der Waals surface area contributed by atoms with E-state index in [2.05, 4.69) is 19.2 Å². The van der Waals surface area contributed by atoms with E-state index in [0.717, 1.165) is 25.1 Å². The van der Waals surface area contributed by atoms with Gasteiger partial charge < -0.3 is 10.1 Å². The molecule has 0 aromatic heterocycles. The Balaban J connectivity index is 2.54. The first-order chi connectivity index (χ1) is 8.85. The molecule has 4 heteroatoms. The zero-order valence-electron chi connectivity index (χ0n) is 12.1. The van der Waals surface area contributed by atoms with Crippen LogP contribution in [0.25, 0.3) is 0 Å². The van der Waals surface area contributed by atoms with Crippen LogP contribution in [-0.2, 0) is 4.74 Å². The van der Waals surface area contributed by atoms with E-state index in [1.807, 2.05) is 13.0 Å². The summed E-state index contributed by atoms with van der Waals surface area (Å²) in [7, 11) is 1.71. The molecular formula is C15H23ClFNO. The third-order valence-electron chi connectivity index (χ3n) is 3.31. The molecule has 0 radical (unpaired) electrons. The number of rotatable bonds is 7. The van der Waals surface area contributed by atoms with E-state index in [0.29, 0.717) is 0 Å². The Labute approximate surface area is 120 Å². The lowest BCUT2D eigenvalue weighted by Crippen LogP contribution is -2.32. The summed E-state index contributed by atoms with van der Waals surface area (Å²) in [6.45, 7) is 8.00. The molecule has 1 atom stereocenters. The van der Waals surface area contributed by atoms with Gasteiger partial charge in [0, 0.05) is 26.3 Å². The van der Waals surface area contributed by atoms with Crippen molar-refractivity contribution in [3.8, 4) is 0 Å². The van der Waals surface area contributed by atoms with Gasteiger partial charge in [0.1, 0.15) is 5.82 Å². The van der Waals surface area contributed by atoms with Crippen LogP contribution in [-0.4, -0.2) is 20.3 Å². The molecule has 1 N–H and O–H groups in total. The maximum atomic E-state index is 13.4. The second-order valence-electron chi connectivity index (χ2n) is 5.68. The molecule has 0 bridgehead atoms. The molecule has 108 valence electrons. The molecule has 0 amide bonds. The van der Waals surface area contributed by atoms with Crippen LogP contribution in [0, 0.1) is 11.2 Å². The summed E-state index contributed by atoms with van der Waals surface area (Å²) in [5, 5.41) is 3.59. The monoisotopic (exact) mass is 287 g/mol. The molecule has 0 fully saturated rings. The van der Waals surface area contributed by atoms with Gasteiger partial charge in [0.15, 0.2) is 0 Å². The highest BCUT2D eigenvalue weighted by Gasteiger charge is 2.19. The first kappa shape index (κ1) is 16.4. The van der Waals surface area contributed by atoms with Crippen LogP contribution >= 0.6 is 11.6 Å². The maximum Gasteiger partial charge on any atom is 0.142 e. The van der Waals surface area contributed by atoms with Crippen LogP contribution in [0.5, 0.6) is 0 Å². The fourth-order valence-electron chi connectivity index (χ4n) is 1.80. The molecule has 1 aromatic carbocycles. The molecule has 1 unspecified atom stereocenters. The largest absolute Gasteiger partial charge is 0.385 e. The molecule has 2 nitrogen and oxygen atoms in total. The lowest BCUT2D eigenvalue weighted by atomic mass is 9.89.